The number of anilines is 1. The highest BCUT2D eigenvalue weighted by Gasteiger charge is 2.45. The van der Waals surface area contributed by atoms with Gasteiger partial charge < -0.3 is 15.2 Å². The van der Waals surface area contributed by atoms with Crippen molar-refractivity contribution in [2.24, 2.45) is 0 Å². The van der Waals surface area contributed by atoms with Gasteiger partial charge in [0.05, 0.1) is 41.9 Å². The molecular formula is C22H18FN9O. The Labute approximate surface area is 187 Å². The van der Waals surface area contributed by atoms with Gasteiger partial charge in [0, 0.05) is 19.2 Å². The lowest BCUT2D eigenvalue weighted by molar-refractivity contribution is 0.0936. The summed E-state index contributed by atoms with van der Waals surface area (Å²) in [6.07, 6.45) is 8.24. The lowest BCUT2D eigenvalue weighted by atomic mass is 10.00. The van der Waals surface area contributed by atoms with E-state index in [1.807, 2.05) is 4.90 Å². The average Bonchev–Trinajstić information content (AvgIpc) is 3.23. The number of aromatic amines is 1. The molecule has 0 radical (unpaired) electrons. The zero-order valence-corrected chi connectivity index (χ0v) is 17.4. The molecule has 0 bridgehead atoms. The third kappa shape index (κ3) is 3.18. The van der Waals surface area contributed by atoms with Gasteiger partial charge in [0.1, 0.15) is 34.4 Å². The number of aromatic nitrogens is 6. The minimum Gasteiger partial charge on any atom is -0.346 e. The topological polar surface area (TPSA) is 128 Å². The molecule has 5 heterocycles. The summed E-state index contributed by atoms with van der Waals surface area (Å²) in [5, 5.41) is 16.5. The van der Waals surface area contributed by atoms with Crippen LogP contribution in [0.5, 0.6) is 0 Å². The van der Waals surface area contributed by atoms with Crippen LogP contribution in [0.1, 0.15) is 46.5 Å². The molecule has 6 rings (SSSR count). The van der Waals surface area contributed by atoms with E-state index in [1.165, 1.54) is 23.0 Å². The van der Waals surface area contributed by atoms with Crippen LogP contribution in [0.15, 0.2) is 43.1 Å². The lowest BCUT2D eigenvalue weighted by Gasteiger charge is -2.34. The van der Waals surface area contributed by atoms with E-state index < -0.39 is 11.4 Å². The normalized spacial score (nSPS) is 18.5. The Balaban J connectivity index is 1.35. The van der Waals surface area contributed by atoms with Gasteiger partial charge in [-0.3, -0.25) is 4.79 Å². The fourth-order valence-electron chi connectivity index (χ4n) is 4.23. The van der Waals surface area contributed by atoms with Crippen LogP contribution >= 0.6 is 0 Å². The van der Waals surface area contributed by atoms with Crippen LogP contribution < -0.4 is 10.2 Å². The number of halogens is 1. The molecule has 2 N–H and O–H groups in total. The highest BCUT2D eigenvalue weighted by Crippen LogP contribution is 2.36. The maximum Gasteiger partial charge on any atom is 0.272 e. The summed E-state index contributed by atoms with van der Waals surface area (Å²) in [5.41, 5.74) is 2.17. The fourth-order valence-corrected chi connectivity index (χ4v) is 4.23. The summed E-state index contributed by atoms with van der Waals surface area (Å²) in [6, 6.07) is 6.47. The molecule has 1 saturated carbocycles. The first-order chi connectivity index (χ1) is 16.1. The minimum absolute atomic E-state index is 0.144. The van der Waals surface area contributed by atoms with Crippen LogP contribution in [0.4, 0.5) is 10.2 Å². The SMILES string of the molecule is N#CC1(NC(=O)c2cnc(N3CCc4nc[nH]c4[C@H]3c3cc4c(F)cccn4n3)cn2)CC1. The largest absolute Gasteiger partial charge is 0.346 e. The number of hydrogen-bond donors (Lipinski definition) is 2. The predicted octanol–water partition coefficient (Wildman–Crippen LogP) is 1.92. The van der Waals surface area contributed by atoms with E-state index >= 15 is 0 Å². The first-order valence-corrected chi connectivity index (χ1v) is 10.6. The summed E-state index contributed by atoms with van der Waals surface area (Å²) in [5.74, 6) is -0.227. The Morgan fingerprint density at radius 2 is 2.18 bits per heavy atom. The van der Waals surface area contributed by atoms with Crippen molar-refractivity contribution in [2.45, 2.75) is 30.8 Å². The highest BCUT2D eigenvalue weighted by atomic mass is 19.1. The van der Waals surface area contributed by atoms with Crippen molar-refractivity contribution < 1.29 is 9.18 Å². The molecule has 4 aromatic heterocycles. The van der Waals surface area contributed by atoms with E-state index in [4.69, 9.17) is 0 Å². The highest BCUT2D eigenvalue weighted by molar-refractivity contribution is 5.93. The Hall–Kier alpha value is -4.33. The molecule has 1 fully saturated rings. The number of carbonyl (C=O) groups is 1. The van der Waals surface area contributed by atoms with Crippen LogP contribution in [0.25, 0.3) is 5.52 Å². The number of rotatable bonds is 4. The smallest absolute Gasteiger partial charge is 0.272 e. The Bertz CT molecular complexity index is 1410. The van der Waals surface area contributed by atoms with Gasteiger partial charge in [-0.05, 0) is 31.0 Å². The molecule has 2 aliphatic rings. The number of carbonyl (C=O) groups excluding carboxylic acids is 1. The molecule has 0 spiro atoms. The molecule has 0 unspecified atom stereocenters. The van der Waals surface area contributed by atoms with Crippen LogP contribution in [0, 0.1) is 17.1 Å². The summed E-state index contributed by atoms with van der Waals surface area (Å²) in [6.45, 7) is 0.594. The maximum atomic E-state index is 14.3. The van der Waals surface area contributed by atoms with Gasteiger partial charge in [-0.2, -0.15) is 10.4 Å². The van der Waals surface area contributed by atoms with Crippen LogP contribution in [-0.2, 0) is 6.42 Å². The number of nitriles is 1. The summed E-state index contributed by atoms with van der Waals surface area (Å²) < 4.78 is 15.8. The fraction of sp³-hybridized carbons (Fsp3) is 0.273. The molecule has 164 valence electrons. The minimum atomic E-state index is -0.773. The second-order valence-corrected chi connectivity index (χ2v) is 8.27. The third-order valence-corrected chi connectivity index (χ3v) is 6.16. The van der Waals surface area contributed by atoms with E-state index in [0.29, 0.717) is 42.8 Å². The van der Waals surface area contributed by atoms with Crippen molar-refractivity contribution >= 4 is 17.2 Å². The summed E-state index contributed by atoms with van der Waals surface area (Å²) in [7, 11) is 0. The molecule has 33 heavy (non-hydrogen) atoms. The second-order valence-electron chi connectivity index (χ2n) is 8.27. The van der Waals surface area contributed by atoms with E-state index in [2.05, 4.69) is 36.4 Å². The van der Waals surface area contributed by atoms with Crippen LogP contribution in [0.3, 0.4) is 0 Å². The van der Waals surface area contributed by atoms with Gasteiger partial charge in [-0.25, -0.2) is 23.9 Å². The van der Waals surface area contributed by atoms with E-state index in [-0.39, 0.29) is 17.6 Å². The molecule has 0 saturated heterocycles. The molecule has 1 atom stereocenters. The van der Waals surface area contributed by atoms with Crippen molar-refractivity contribution in [3.8, 4) is 6.07 Å². The first kappa shape index (κ1) is 19.4. The van der Waals surface area contributed by atoms with Gasteiger partial charge in [0.2, 0.25) is 0 Å². The maximum absolute atomic E-state index is 14.3. The summed E-state index contributed by atoms with van der Waals surface area (Å²) >= 11 is 0. The number of nitrogens with one attached hydrogen (secondary N) is 2. The zero-order chi connectivity index (χ0) is 22.6. The number of H-pyrrole nitrogens is 1. The van der Waals surface area contributed by atoms with Gasteiger partial charge in [-0.15, -0.1) is 0 Å². The van der Waals surface area contributed by atoms with Crippen molar-refractivity contribution in [1.82, 2.24) is 34.9 Å². The Morgan fingerprint density at radius 3 is 2.91 bits per heavy atom. The van der Waals surface area contributed by atoms with Crippen LogP contribution in [0.2, 0.25) is 0 Å². The molecule has 1 aliphatic carbocycles. The standard InChI is InChI=1S/C22H18FN9O/c23-13-2-1-6-32-17(13)8-15(30-32)20-19-14(27-12-28-19)3-7-31(20)18-10-25-16(9-26-18)21(33)29-22(11-24)4-5-22/h1-2,6,8-10,12,20H,3-5,7H2,(H,27,28)(H,29,33)/t20-/m1/s1. The van der Waals surface area contributed by atoms with Crippen LogP contribution in [-0.4, -0.2) is 47.5 Å². The van der Waals surface area contributed by atoms with E-state index in [9.17, 15) is 14.4 Å². The average molecular weight is 443 g/mol. The third-order valence-electron chi connectivity index (χ3n) is 6.16. The molecule has 4 aromatic rings. The number of amides is 1. The second kappa shape index (κ2) is 7.09. The number of nitrogens with zero attached hydrogens (tertiary/aromatic N) is 7. The number of pyridine rings is 1. The lowest BCUT2D eigenvalue weighted by Crippen LogP contribution is -2.38. The molecule has 11 heteroatoms. The van der Waals surface area contributed by atoms with Gasteiger partial charge >= 0.3 is 0 Å². The van der Waals surface area contributed by atoms with Crippen molar-refractivity contribution in [3.05, 3.63) is 71.7 Å². The molecule has 10 nitrogen and oxygen atoms in total. The van der Waals surface area contributed by atoms with Gasteiger partial charge in [-0.1, -0.05) is 0 Å². The van der Waals surface area contributed by atoms with Crippen molar-refractivity contribution in [3.63, 3.8) is 0 Å². The molecule has 1 aliphatic heterocycles. The van der Waals surface area contributed by atoms with E-state index in [1.54, 1.807) is 24.7 Å². The van der Waals surface area contributed by atoms with E-state index in [0.717, 1.165) is 11.4 Å². The Morgan fingerprint density at radius 1 is 1.30 bits per heavy atom. The zero-order valence-electron chi connectivity index (χ0n) is 17.4. The number of fused-ring (bicyclic) bond motifs is 2. The predicted molar refractivity (Wildman–Crippen MR) is 114 cm³/mol. The molecular weight excluding hydrogens is 425 g/mol. The Kier molecular flexibility index (Phi) is 4.16. The first-order valence-electron chi connectivity index (χ1n) is 10.6. The monoisotopic (exact) mass is 443 g/mol. The van der Waals surface area contributed by atoms with Gasteiger partial charge in [0.25, 0.3) is 5.91 Å². The number of hydrogen-bond acceptors (Lipinski definition) is 7. The van der Waals surface area contributed by atoms with Crippen molar-refractivity contribution in [2.75, 3.05) is 11.4 Å². The molecule has 0 aromatic carbocycles. The quantitative estimate of drug-likeness (QED) is 0.493. The van der Waals surface area contributed by atoms with Crippen molar-refractivity contribution in [1.29, 1.82) is 5.26 Å². The summed E-state index contributed by atoms with van der Waals surface area (Å²) in [4.78, 5) is 30.8. The van der Waals surface area contributed by atoms with Gasteiger partial charge in [0.15, 0.2) is 0 Å². The number of imidazole rings is 1. The molecule has 1 amide bonds.